The maximum Gasteiger partial charge on any atom is 0.339 e. The van der Waals surface area contributed by atoms with Crippen molar-refractivity contribution in [2.75, 3.05) is 11.9 Å². The van der Waals surface area contributed by atoms with Gasteiger partial charge in [-0.25, -0.2) is 4.79 Å². The second-order valence-electron chi connectivity index (χ2n) is 6.58. The lowest BCUT2D eigenvalue weighted by atomic mass is 10.2. The van der Waals surface area contributed by atoms with Crippen LogP contribution in [-0.4, -0.2) is 18.5 Å². The van der Waals surface area contributed by atoms with Gasteiger partial charge in [-0.15, -0.1) is 11.8 Å². The third-order valence-electron chi connectivity index (χ3n) is 4.25. The van der Waals surface area contributed by atoms with E-state index in [4.69, 9.17) is 10.00 Å². The van der Waals surface area contributed by atoms with Crippen molar-refractivity contribution in [3.05, 3.63) is 95.1 Å². The van der Waals surface area contributed by atoms with Crippen LogP contribution in [0.15, 0.2) is 77.7 Å². The van der Waals surface area contributed by atoms with Crippen LogP contribution < -0.4 is 5.32 Å². The van der Waals surface area contributed by atoms with Crippen LogP contribution in [0.3, 0.4) is 0 Å². The van der Waals surface area contributed by atoms with E-state index in [9.17, 15) is 9.59 Å². The van der Waals surface area contributed by atoms with E-state index in [1.165, 1.54) is 11.8 Å². The van der Waals surface area contributed by atoms with Crippen LogP contribution in [0.2, 0.25) is 0 Å². The van der Waals surface area contributed by atoms with Gasteiger partial charge in [-0.3, -0.25) is 4.79 Å². The van der Waals surface area contributed by atoms with Gasteiger partial charge in [0.15, 0.2) is 6.61 Å². The molecule has 0 spiro atoms. The summed E-state index contributed by atoms with van der Waals surface area (Å²) in [4.78, 5) is 25.3. The summed E-state index contributed by atoms with van der Waals surface area (Å²) in [5.74, 6) is -0.295. The van der Waals surface area contributed by atoms with Crippen LogP contribution in [0.1, 0.15) is 27.0 Å². The number of rotatable bonds is 7. The number of esters is 1. The number of benzene rings is 3. The number of nitrogens with one attached hydrogen (secondary N) is 1. The zero-order valence-corrected chi connectivity index (χ0v) is 17.2. The van der Waals surface area contributed by atoms with Crippen molar-refractivity contribution in [2.45, 2.75) is 17.6 Å². The van der Waals surface area contributed by atoms with E-state index < -0.39 is 11.9 Å². The quantitative estimate of drug-likeness (QED) is 0.435. The molecule has 6 heteroatoms. The van der Waals surface area contributed by atoms with Gasteiger partial charge in [-0.2, -0.15) is 5.26 Å². The molecule has 3 rings (SSSR count). The van der Waals surface area contributed by atoms with Gasteiger partial charge in [0.2, 0.25) is 0 Å². The zero-order valence-electron chi connectivity index (χ0n) is 16.4. The molecule has 1 amide bonds. The molecule has 0 saturated heterocycles. The smallest absolute Gasteiger partial charge is 0.339 e. The van der Waals surface area contributed by atoms with Crippen LogP contribution in [-0.2, 0) is 15.3 Å². The van der Waals surface area contributed by atoms with Crippen molar-refractivity contribution in [3.8, 4) is 6.07 Å². The van der Waals surface area contributed by atoms with Gasteiger partial charge in [-0.05, 0) is 48.9 Å². The van der Waals surface area contributed by atoms with Crippen molar-refractivity contribution in [3.63, 3.8) is 0 Å². The van der Waals surface area contributed by atoms with E-state index in [1.54, 1.807) is 36.4 Å². The van der Waals surface area contributed by atoms with Crippen molar-refractivity contribution in [2.24, 2.45) is 0 Å². The minimum absolute atomic E-state index is 0.360. The second kappa shape index (κ2) is 10.3. The lowest BCUT2D eigenvalue weighted by molar-refractivity contribution is -0.119. The van der Waals surface area contributed by atoms with Gasteiger partial charge in [-0.1, -0.05) is 42.0 Å². The summed E-state index contributed by atoms with van der Waals surface area (Å²) < 4.78 is 5.21. The number of hydrogen-bond donors (Lipinski definition) is 1. The van der Waals surface area contributed by atoms with Crippen LogP contribution in [0, 0.1) is 18.3 Å². The summed E-state index contributed by atoms with van der Waals surface area (Å²) in [6, 6.07) is 23.9. The number of nitriles is 1. The molecule has 150 valence electrons. The second-order valence-corrected chi connectivity index (χ2v) is 7.60. The van der Waals surface area contributed by atoms with E-state index in [-0.39, 0.29) is 6.61 Å². The molecule has 30 heavy (non-hydrogen) atoms. The highest BCUT2D eigenvalue weighted by molar-refractivity contribution is 7.98. The molecule has 0 radical (unpaired) electrons. The number of carbonyl (C=O) groups is 2. The topological polar surface area (TPSA) is 79.2 Å². The largest absolute Gasteiger partial charge is 0.452 e. The highest BCUT2D eigenvalue weighted by atomic mass is 32.2. The minimum Gasteiger partial charge on any atom is -0.452 e. The molecule has 3 aromatic carbocycles. The standard InChI is InChI=1S/C24H20N2O3S/c1-17-6-12-20(13-7-17)26-23(27)15-29-24(28)21-4-2-3-5-22(21)30-16-19-10-8-18(14-25)9-11-19/h2-13H,15-16H2,1H3,(H,26,27). The Hall–Kier alpha value is -3.56. The lowest BCUT2D eigenvalue weighted by Gasteiger charge is -2.10. The fourth-order valence-electron chi connectivity index (χ4n) is 2.64. The number of anilines is 1. The summed E-state index contributed by atoms with van der Waals surface area (Å²) in [5.41, 5.74) is 3.81. The Morgan fingerprint density at radius 1 is 1.00 bits per heavy atom. The predicted molar refractivity (Wildman–Crippen MR) is 117 cm³/mol. The SMILES string of the molecule is Cc1ccc(NC(=O)COC(=O)c2ccccc2SCc2ccc(C#N)cc2)cc1. The summed E-state index contributed by atoms with van der Waals surface area (Å²) in [6.45, 7) is 1.60. The van der Waals surface area contributed by atoms with Gasteiger partial charge in [0.25, 0.3) is 5.91 Å². The summed E-state index contributed by atoms with van der Waals surface area (Å²) in [7, 11) is 0. The van der Waals surface area contributed by atoms with E-state index in [1.807, 2.05) is 43.3 Å². The zero-order chi connectivity index (χ0) is 21.3. The Kier molecular flexibility index (Phi) is 7.25. The molecule has 0 aliphatic rings. The van der Waals surface area contributed by atoms with E-state index in [0.29, 0.717) is 22.6 Å². The van der Waals surface area contributed by atoms with Crippen LogP contribution in [0.25, 0.3) is 0 Å². The lowest BCUT2D eigenvalue weighted by Crippen LogP contribution is -2.21. The van der Waals surface area contributed by atoms with Crippen LogP contribution in [0.4, 0.5) is 5.69 Å². The normalized spacial score (nSPS) is 10.1. The summed E-state index contributed by atoms with van der Waals surface area (Å²) in [6.07, 6.45) is 0. The van der Waals surface area contributed by atoms with Gasteiger partial charge < -0.3 is 10.1 Å². The predicted octanol–water partition coefficient (Wildman–Crippen LogP) is 4.95. The fourth-order valence-corrected chi connectivity index (χ4v) is 3.64. The Morgan fingerprint density at radius 3 is 2.40 bits per heavy atom. The minimum atomic E-state index is -0.544. The number of aryl methyl sites for hydroxylation is 1. The molecule has 0 atom stereocenters. The van der Waals surface area contributed by atoms with E-state index in [0.717, 1.165) is 16.0 Å². The first-order chi connectivity index (χ1) is 14.5. The number of nitrogens with zero attached hydrogens (tertiary/aromatic N) is 1. The van der Waals surface area contributed by atoms with Gasteiger partial charge in [0, 0.05) is 16.3 Å². The highest BCUT2D eigenvalue weighted by Crippen LogP contribution is 2.27. The maximum atomic E-state index is 12.5. The average Bonchev–Trinajstić information content (AvgIpc) is 2.78. The molecule has 0 aliphatic carbocycles. The van der Waals surface area contributed by atoms with Crippen LogP contribution >= 0.6 is 11.8 Å². The molecule has 5 nitrogen and oxygen atoms in total. The maximum absolute atomic E-state index is 12.5. The molecule has 0 saturated carbocycles. The Labute approximate surface area is 179 Å². The monoisotopic (exact) mass is 416 g/mol. The molecular weight excluding hydrogens is 396 g/mol. The first kappa shape index (κ1) is 21.2. The Bertz CT molecular complexity index is 1070. The first-order valence-corrected chi connectivity index (χ1v) is 10.3. The molecule has 1 N–H and O–H groups in total. The Morgan fingerprint density at radius 2 is 1.70 bits per heavy atom. The molecular formula is C24H20N2O3S. The van der Waals surface area contributed by atoms with Crippen molar-refractivity contribution in [1.82, 2.24) is 0 Å². The number of carbonyl (C=O) groups excluding carboxylic acids is 2. The van der Waals surface area contributed by atoms with Crippen molar-refractivity contribution >= 4 is 29.3 Å². The summed E-state index contributed by atoms with van der Waals surface area (Å²) in [5, 5.41) is 11.6. The van der Waals surface area contributed by atoms with E-state index >= 15 is 0 Å². The van der Waals surface area contributed by atoms with E-state index in [2.05, 4.69) is 11.4 Å². The number of thioether (sulfide) groups is 1. The number of ether oxygens (including phenoxy) is 1. The van der Waals surface area contributed by atoms with Gasteiger partial charge in [0.05, 0.1) is 17.2 Å². The number of hydrogen-bond acceptors (Lipinski definition) is 5. The molecule has 3 aromatic rings. The van der Waals surface area contributed by atoms with Gasteiger partial charge in [0.1, 0.15) is 0 Å². The fraction of sp³-hybridized carbons (Fsp3) is 0.125. The molecule has 0 aliphatic heterocycles. The third kappa shape index (κ3) is 5.97. The molecule has 0 fully saturated rings. The van der Waals surface area contributed by atoms with Crippen molar-refractivity contribution < 1.29 is 14.3 Å². The van der Waals surface area contributed by atoms with Gasteiger partial charge >= 0.3 is 5.97 Å². The highest BCUT2D eigenvalue weighted by Gasteiger charge is 2.15. The molecule has 0 unspecified atom stereocenters. The average molecular weight is 417 g/mol. The third-order valence-corrected chi connectivity index (χ3v) is 5.40. The first-order valence-electron chi connectivity index (χ1n) is 9.29. The number of amides is 1. The molecule has 0 heterocycles. The molecule has 0 aromatic heterocycles. The van der Waals surface area contributed by atoms with Crippen LogP contribution in [0.5, 0.6) is 0 Å². The van der Waals surface area contributed by atoms with Crippen molar-refractivity contribution in [1.29, 1.82) is 5.26 Å². The molecule has 0 bridgehead atoms. The summed E-state index contributed by atoms with van der Waals surface area (Å²) >= 11 is 1.50. The Balaban J connectivity index is 1.57.